The van der Waals surface area contributed by atoms with E-state index in [4.69, 9.17) is 16.3 Å². The molecule has 3 rings (SSSR count). The van der Waals surface area contributed by atoms with Gasteiger partial charge in [-0.05, 0) is 55.0 Å². The van der Waals surface area contributed by atoms with Gasteiger partial charge in [0.1, 0.15) is 5.75 Å². The molecular weight excluding hydrogens is 378 g/mol. The number of carbonyl (C=O) groups excluding carboxylic acids is 1. The molecule has 0 spiro atoms. The largest absolute Gasteiger partial charge is 0.481 e. The van der Waals surface area contributed by atoms with E-state index in [1.807, 2.05) is 42.5 Å². The number of carbonyl (C=O) groups is 1. The molecular formula is C22H20ClNO2S. The first-order valence-corrected chi connectivity index (χ1v) is 9.96. The van der Waals surface area contributed by atoms with Crippen molar-refractivity contribution < 1.29 is 9.53 Å². The molecule has 0 heterocycles. The average molecular weight is 398 g/mol. The van der Waals surface area contributed by atoms with Gasteiger partial charge in [-0.15, -0.1) is 11.8 Å². The van der Waals surface area contributed by atoms with Gasteiger partial charge in [0, 0.05) is 21.4 Å². The third-order valence-electron chi connectivity index (χ3n) is 3.85. The first-order valence-electron chi connectivity index (χ1n) is 8.60. The van der Waals surface area contributed by atoms with E-state index < -0.39 is 6.10 Å². The van der Waals surface area contributed by atoms with Crippen molar-refractivity contribution >= 4 is 35.0 Å². The van der Waals surface area contributed by atoms with Gasteiger partial charge in [-0.3, -0.25) is 4.79 Å². The van der Waals surface area contributed by atoms with E-state index >= 15 is 0 Å². The van der Waals surface area contributed by atoms with Crippen molar-refractivity contribution in [1.82, 2.24) is 0 Å². The second-order valence-electron chi connectivity index (χ2n) is 6.01. The van der Waals surface area contributed by atoms with Crippen LogP contribution in [0.4, 0.5) is 5.69 Å². The van der Waals surface area contributed by atoms with Crippen molar-refractivity contribution in [3.63, 3.8) is 0 Å². The lowest BCUT2D eigenvalue weighted by Gasteiger charge is -2.15. The van der Waals surface area contributed by atoms with Crippen molar-refractivity contribution in [2.24, 2.45) is 0 Å². The van der Waals surface area contributed by atoms with E-state index in [2.05, 4.69) is 17.4 Å². The number of rotatable bonds is 7. The lowest BCUT2D eigenvalue weighted by molar-refractivity contribution is -0.122. The molecule has 1 amide bonds. The summed E-state index contributed by atoms with van der Waals surface area (Å²) in [5, 5.41) is 3.45. The van der Waals surface area contributed by atoms with Gasteiger partial charge >= 0.3 is 0 Å². The van der Waals surface area contributed by atoms with E-state index in [0.717, 1.165) is 11.4 Å². The molecule has 27 heavy (non-hydrogen) atoms. The van der Waals surface area contributed by atoms with Crippen molar-refractivity contribution in [3.8, 4) is 5.75 Å². The highest BCUT2D eigenvalue weighted by Crippen LogP contribution is 2.23. The Morgan fingerprint density at radius 2 is 1.78 bits per heavy atom. The summed E-state index contributed by atoms with van der Waals surface area (Å²) in [5.41, 5.74) is 1.94. The minimum absolute atomic E-state index is 0.207. The minimum Gasteiger partial charge on any atom is -0.481 e. The number of hydrogen-bond acceptors (Lipinski definition) is 3. The standard InChI is InChI=1S/C22H20ClNO2S/c1-16(26-20-7-5-6-18(23)14-20)22(25)24-19-12-10-17(11-13-19)15-27-21-8-3-2-4-9-21/h2-14,16H,15H2,1H3,(H,24,25). The van der Waals surface area contributed by atoms with Crippen LogP contribution in [0.3, 0.4) is 0 Å². The third-order valence-corrected chi connectivity index (χ3v) is 5.17. The monoisotopic (exact) mass is 397 g/mol. The second kappa shape index (κ2) is 9.49. The number of halogens is 1. The van der Waals surface area contributed by atoms with Crippen molar-refractivity contribution in [2.75, 3.05) is 5.32 Å². The molecule has 0 aliphatic heterocycles. The van der Waals surface area contributed by atoms with Crippen LogP contribution in [0.5, 0.6) is 5.75 Å². The van der Waals surface area contributed by atoms with Crippen LogP contribution >= 0.6 is 23.4 Å². The highest BCUT2D eigenvalue weighted by atomic mass is 35.5. The van der Waals surface area contributed by atoms with Crippen LogP contribution in [0.25, 0.3) is 0 Å². The summed E-state index contributed by atoms with van der Waals surface area (Å²) in [5.74, 6) is 1.24. The van der Waals surface area contributed by atoms with E-state index in [1.54, 1.807) is 43.0 Å². The van der Waals surface area contributed by atoms with E-state index in [-0.39, 0.29) is 5.91 Å². The number of benzene rings is 3. The summed E-state index contributed by atoms with van der Waals surface area (Å²) in [6.45, 7) is 1.71. The fourth-order valence-corrected chi connectivity index (χ4v) is 3.47. The maximum Gasteiger partial charge on any atom is 0.265 e. The molecule has 1 unspecified atom stereocenters. The molecule has 1 N–H and O–H groups in total. The van der Waals surface area contributed by atoms with Gasteiger partial charge in [-0.2, -0.15) is 0 Å². The lowest BCUT2D eigenvalue weighted by Crippen LogP contribution is -2.30. The molecule has 0 radical (unpaired) electrons. The van der Waals surface area contributed by atoms with Gasteiger partial charge in [0.25, 0.3) is 5.91 Å². The molecule has 3 aromatic carbocycles. The highest BCUT2D eigenvalue weighted by molar-refractivity contribution is 7.98. The quantitative estimate of drug-likeness (QED) is 0.494. The topological polar surface area (TPSA) is 38.3 Å². The fraction of sp³-hybridized carbons (Fsp3) is 0.136. The molecule has 0 fully saturated rings. The molecule has 138 valence electrons. The van der Waals surface area contributed by atoms with Crippen LogP contribution in [0.2, 0.25) is 5.02 Å². The Labute approximate surface area is 168 Å². The normalized spacial score (nSPS) is 11.6. The predicted molar refractivity (Wildman–Crippen MR) is 113 cm³/mol. The molecule has 5 heteroatoms. The SMILES string of the molecule is CC(Oc1cccc(Cl)c1)C(=O)Nc1ccc(CSc2ccccc2)cc1. The smallest absolute Gasteiger partial charge is 0.265 e. The van der Waals surface area contributed by atoms with Gasteiger partial charge in [-0.1, -0.05) is 48.0 Å². The van der Waals surface area contributed by atoms with Crippen molar-refractivity contribution in [1.29, 1.82) is 0 Å². The first-order chi connectivity index (χ1) is 13.1. The van der Waals surface area contributed by atoms with Gasteiger partial charge in [0.2, 0.25) is 0 Å². The van der Waals surface area contributed by atoms with Gasteiger partial charge in [0.05, 0.1) is 0 Å². The van der Waals surface area contributed by atoms with E-state index in [1.165, 1.54) is 10.5 Å². The summed E-state index contributed by atoms with van der Waals surface area (Å²) >= 11 is 7.72. The van der Waals surface area contributed by atoms with Crippen LogP contribution in [-0.2, 0) is 10.5 Å². The molecule has 1 atom stereocenters. The number of hydrogen-bond donors (Lipinski definition) is 1. The third kappa shape index (κ3) is 6.05. The minimum atomic E-state index is -0.628. The number of nitrogens with one attached hydrogen (secondary N) is 1. The Bertz CT molecular complexity index is 884. The molecule has 0 aliphatic carbocycles. The number of thioether (sulfide) groups is 1. The van der Waals surface area contributed by atoms with E-state index in [9.17, 15) is 4.79 Å². The zero-order valence-electron chi connectivity index (χ0n) is 14.9. The van der Waals surface area contributed by atoms with Crippen LogP contribution in [-0.4, -0.2) is 12.0 Å². The molecule has 0 saturated heterocycles. The Morgan fingerprint density at radius 1 is 1.04 bits per heavy atom. The Morgan fingerprint density at radius 3 is 2.48 bits per heavy atom. The maximum atomic E-state index is 12.3. The van der Waals surface area contributed by atoms with Crippen LogP contribution in [0, 0.1) is 0 Å². The summed E-state index contributed by atoms with van der Waals surface area (Å²) in [7, 11) is 0. The summed E-state index contributed by atoms with van der Waals surface area (Å²) in [4.78, 5) is 13.6. The average Bonchev–Trinajstić information content (AvgIpc) is 2.68. The number of amides is 1. The van der Waals surface area contributed by atoms with Crippen molar-refractivity contribution in [3.05, 3.63) is 89.4 Å². The van der Waals surface area contributed by atoms with Gasteiger partial charge < -0.3 is 10.1 Å². The molecule has 3 aromatic rings. The lowest BCUT2D eigenvalue weighted by atomic mass is 10.2. The number of anilines is 1. The van der Waals surface area contributed by atoms with Crippen molar-refractivity contribution in [2.45, 2.75) is 23.7 Å². The zero-order chi connectivity index (χ0) is 19.1. The molecule has 0 bridgehead atoms. The fourth-order valence-electron chi connectivity index (χ4n) is 2.41. The van der Waals surface area contributed by atoms with Crippen LogP contribution in [0.15, 0.2) is 83.8 Å². The predicted octanol–water partition coefficient (Wildman–Crippen LogP) is 6.04. The summed E-state index contributed by atoms with van der Waals surface area (Å²) in [6, 6.07) is 25.1. The number of ether oxygens (including phenoxy) is 1. The molecule has 0 aromatic heterocycles. The Kier molecular flexibility index (Phi) is 6.80. The van der Waals surface area contributed by atoms with Gasteiger partial charge in [-0.25, -0.2) is 0 Å². The summed E-state index contributed by atoms with van der Waals surface area (Å²) < 4.78 is 5.64. The maximum absolute atomic E-state index is 12.3. The Hall–Kier alpha value is -2.43. The highest BCUT2D eigenvalue weighted by Gasteiger charge is 2.15. The molecule has 0 saturated carbocycles. The Balaban J connectivity index is 1.51. The van der Waals surface area contributed by atoms with Gasteiger partial charge in [0.15, 0.2) is 6.10 Å². The molecule has 0 aliphatic rings. The van der Waals surface area contributed by atoms with Crippen LogP contribution in [0.1, 0.15) is 12.5 Å². The van der Waals surface area contributed by atoms with Crippen LogP contribution < -0.4 is 10.1 Å². The second-order valence-corrected chi connectivity index (χ2v) is 7.49. The molecule has 3 nitrogen and oxygen atoms in total. The first kappa shape index (κ1) is 19.3. The zero-order valence-corrected chi connectivity index (χ0v) is 16.5. The van der Waals surface area contributed by atoms with E-state index in [0.29, 0.717) is 10.8 Å². The summed E-state index contributed by atoms with van der Waals surface area (Å²) in [6.07, 6.45) is -0.628.